The molecule has 0 bridgehead atoms. The number of hydrazine groups is 1. The average molecular weight is 512 g/mol. The van der Waals surface area contributed by atoms with Crippen molar-refractivity contribution in [3.8, 4) is 0 Å². The van der Waals surface area contributed by atoms with Gasteiger partial charge in [0.25, 0.3) is 0 Å². The summed E-state index contributed by atoms with van der Waals surface area (Å²) in [5.74, 6) is -2.16. The van der Waals surface area contributed by atoms with E-state index in [2.05, 4.69) is 5.32 Å². The molecule has 0 aromatic heterocycles. The quantitative estimate of drug-likeness (QED) is 0.589. The van der Waals surface area contributed by atoms with E-state index in [1.54, 1.807) is 24.1 Å². The zero-order chi connectivity index (χ0) is 26.7. The predicted molar refractivity (Wildman–Crippen MR) is 131 cm³/mol. The molecular weight excluding hydrogens is 481 g/mol. The molecule has 0 radical (unpaired) electrons. The molecule has 37 heavy (non-hydrogen) atoms. The summed E-state index contributed by atoms with van der Waals surface area (Å²) in [6, 6.07) is 13.2. The molecule has 2 heterocycles. The topological polar surface area (TPSA) is 114 Å². The maximum atomic E-state index is 13.6. The van der Waals surface area contributed by atoms with Crippen molar-refractivity contribution in [2.24, 2.45) is 0 Å². The Bertz CT molecular complexity index is 1160. The summed E-state index contributed by atoms with van der Waals surface area (Å²) >= 11 is 0. The number of benzene rings is 2. The largest absolute Gasteiger partial charge is 0.481 e. The van der Waals surface area contributed by atoms with E-state index in [-0.39, 0.29) is 56.1 Å². The van der Waals surface area contributed by atoms with Crippen molar-refractivity contribution in [1.29, 1.82) is 0 Å². The van der Waals surface area contributed by atoms with Crippen LogP contribution < -0.4 is 5.32 Å². The van der Waals surface area contributed by atoms with Gasteiger partial charge in [0.1, 0.15) is 18.0 Å². The van der Waals surface area contributed by atoms with Gasteiger partial charge < -0.3 is 20.2 Å². The standard InChI is InChI=1S/C26H30FN5O5/c1-17(19-6-4-3-5-7-19)30-15-22-31(21(25(30)36)12-13-24(34)35)23(33)16-29(2)32(22)26(37)28-14-18-8-10-20(27)11-9-18/h3-11,17,21-22H,12-16H2,1-2H3,(H,28,37)(H,34,35)/t17-,21+,22+/m1/s1. The number of likely N-dealkylation sites (N-methyl/N-ethyl adjacent to an activating group) is 1. The fraction of sp³-hybridized carbons (Fsp3) is 0.385. The number of amides is 4. The van der Waals surface area contributed by atoms with E-state index < -0.39 is 24.2 Å². The highest BCUT2D eigenvalue weighted by Gasteiger charge is 2.51. The Morgan fingerprint density at radius 3 is 2.43 bits per heavy atom. The molecule has 0 unspecified atom stereocenters. The number of urea groups is 1. The molecular formula is C26H30FN5O5. The number of rotatable bonds is 7. The molecule has 3 atom stereocenters. The van der Waals surface area contributed by atoms with Crippen LogP contribution in [-0.2, 0) is 20.9 Å². The molecule has 2 aliphatic heterocycles. The van der Waals surface area contributed by atoms with E-state index in [4.69, 9.17) is 0 Å². The van der Waals surface area contributed by atoms with Crippen LogP contribution >= 0.6 is 0 Å². The zero-order valence-electron chi connectivity index (χ0n) is 20.7. The smallest absolute Gasteiger partial charge is 0.334 e. The number of carbonyl (C=O) groups excluding carboxylic acids is 3. The van der Waals surface area contributed by atoms with E-state index in [0.717, 1.165) is 5.56 Å². The van der Waals surface area contributed by atoms with E-state index in [1.807, 2.05) is 37.3 Å². The molecule has 2 fully saturated rings. The number of carboxylic acids is 1. The summed E-state index contributed by atoms with van der Waals surface area (Å²) < 4.78 is 13.2. The van der Waals surface area contributed by atoms with Gasteiger partial charge >= 0.3 is 12.0 Å². The van der Waals surface area contributed by atoms with Crippen LogP contribution in [0.3, 0.4) is 0 Å². The summed E-state index contributed by atoms with van der Waals surface area (Å²) in [5, 5.41) is 15.0. The minimum atomic E-state index is -1.08. The minimum absolute atomic E-state index is 0.0541. The van der Waals surface area contributed by atoms with Gasteiger partial charge in [-0.25, -0.2) is 19.2 Å². The van der Waals surface area contributed by atoms with Gasteiger partial charge in [0.05, 0.1) is 19.1 Å². The average Bonchev–Trinajstić information content (AvgIpc) is 2.87. The summed E-state index contributed by atoms with van der Waals surface area (Å²) in [5.41, 5.74) is 1.57. The SMILES string of the molecule is C[C@H](c1ccccc1)N1C[C@H]2N(C(=O)CN(C)N2C(=O)NCc2ccc(F)cc2)[C@@H](CCC(=O)O)C1=O. The Morgan fingerprint density at radius 1 is 1.11 bits per heavy atom. The number of nitrogens with zero attached hydrogens (tertiary/aromatic N) is 4. The zero-order valence-corrected chi connectivity index (χ0v) is 20.7. The first-order valence-corrected chi connectivity index (χ1v) is 12.1. The Kier molecular flexibility index (Phi) is 7.72. The first-order chi connectivity index (χ1) is 17.7. The summed E-state index contributed by atoms with van der Waals surface area (Å²) in [6.07, 6.45) is -1.20. The molecule has 10 nitrogen and oxygen atoms in total. The van der Waals surface area contributed by atoms with Crippen LogP contribution in [0.25, 0.3) is 0 Å². The third kappa shape index (κ3) is 5.56. The molecule has 2 aromatic rings. The number of hydrogen-bond acceptors (Lipinski definition) is 5. The van der Waals surface area contributed by atoms with Crippen LogP contribution in [0.5, 0.6) is 0 Å². The maximum absolute atomic E-state index is 13.6. The lowest BCUT2D eigenvalue weighted by Gasteiger charge is -2.55. The fourth-order valence-corrected chi connectivity index (χ4v) is 4.92. The second-order valence-electron chi connectivity index (χ2n) is 9.25. The van der Waals surface area contributed by atoms with Crippen LogP contribution in [0.2, 0.25) is 0 Å². The van der Waals surface area contributed by atoms with Crippen molar-refractivity contribution < 1.29 is 28.7 Å². The highest BCUT2D eigenvalue weighted by Crippen LogP contribution is 2.32. The van der Waals surface area contributed by atoms with Gasteiger partial charge in [-0.05, 0) is 36.6 Å². The molecule has 2 aromatic carbocycles. The Labute approximate surface area is 214 Å². The Morgan fingerprint density at radius 2 is 1.78 bits per heavy atom. The number of fused-ring (bicyclic) bond motifs is 1. The number of piperazine rings is 1. The maximum Gasteiger partial charge on any atom is 0.334 e. The normalized spacial score (nSPS) is 21.0. The molecule has 0 saturated carbocycles. The van der Waals surface area contributed by atoms with Crippen molar-refractivity contribution in [2.75, 3.05) is 20.1 Å². The Hall–Kier alpha value is -3.99. The van der Waals surface area contributed by atoms with Crippen molar-refractivity contribution in [3.63, 3.8) is 0 Å². The van der Waals surface area contributed by atoms with Gasteiger partial charge in [-0.15, -0.1) is 0 Å². The lowest BCUT2D eigenvalue weighted by atomic mass is 9.98. The molecule has 2 N–H and O–H groups in total. The van der Waals surface area contributed by atoms with E-state index >= 15 is 0 Å². The van der Waals surface area contributed by atoms with Gasteiger partial charge in [-0.1, -0.05) is 42.5 Å². The molecule has 4 rings (SSSR count). The lowest BCUT2D eigenvalue weighted by Crippen LogP contribution is -2.76. The molecule has 4 amide bonds. The van der Waals surface area contributed by atoms with E-state index in [1.165, 1.54) is 27.1 Å². The van der Waals surface area contributed by atoms with Gasteiger partial charge in [0.2, 0.25) is 11.8 Å². The monoisotopic (exact) mass is 511 g/mol. The summed E-state index contributed by atoms with van der Waals surface area (Å²) in [6.45, 7) is 1.91. The minimum Gasteiger partial charge on any atom is -0.481 e. The van der Waals surface area contributed by atoms with Crippen LogP contribution in [0, 0.1) is 5.82 Å². The Balaban J connectivity index is 1.63. The molecule has 2 saturated heterocycles. The van der Waals surface area contributed by atoms with Gasteiger partial charge in [0, 0.05) is 20.0 Å². The van der Waals surface area contributed by atoms with E-state index in [0.29, 0.717) is 5.56 Å². The predicted octanol–water partition coefficient (Wildman–Crippen LogP) is 2.19. The van der Waals surface area contributed by atoms with Gasteiger partial charge in [-0.3, -0.25) is 14.4 Å². The third-order valence-corrected chi connectivity index (χ3v) is 6.83. The number of aliphatic carboxylic acids is 1. The van der Waals surface area contributed by atoms with Crippen LogP contribution in [-0.4, -0.2) is 81.1 Å². The van der Waals surface area contributed by atoms with Gasteiger partial charge in [0.15, 0.2) is 0 Å². The molecule has 196 valence electrons. The lowest BCUT2D eigenvalue weighted by molar-refractivity contribution is -0.189. The second-order valence-corrected chi connectivity index (χ2v) is 9.25. The summed E-state index contributed by atoms with van der Waals surface area (Å²) in [4.78, 5) is 54.5. The molecule has 0 aliphatic carbocycles. The van der Waals surface area contributed by atoms with Crippen LogP contribution in [0.15, 0.2) is 54.6 Å². The van der Waals surface area contributed by atoms with Crippen molar-refractivity contribution in [3.05, 3.63) is 71.5 Å². The number of carboxylic acid groups (broad SMARTS) is 1. The van der Waals surface area contributed by atoms with Crippen molar-refractivity contribution >= 4 is 23.8 Å². The second kappa shape index (κ2) is 11.0. The first-order valence-electron chi connectivity index (χ1n) is 12.1. The van der Waals surface area contributed by atoms with Crippen LogP contribution in [0.1, 0.15) is 36.9 Å². The van der Waals surface area contributed by atoms with Gasteiger partial charge in [-0.2, -0.15) is 0 Å². The van der Waals surface area contributed by atoms with Crippen molar-refractivity contribution in [1.82, 2.24) is 25.1 Å². The first kappa shape index (κ1) is 26.1. The fourth-order valence-electron chi connectivity index (χ4n) is 4.92. The molecule has 0 spiro atoms. The van der Waals surface area contributed by atoms with Crippen molar-refractivity contribution in [2.45, 2.75) is 44.6 Å². The molecule has 2 aliphatic rings. The van der Waals surface area contributed by atoms with Crippen LogP contribution in [0.4, 0.5) is 9.18 Å². The number of hydrogen-bond donors (Lipinski definition) is 2. The highest BCUT2D eigenvalue weighted by atomic mass is 19.1. The van der Waals surface area contributed by atoms with E-state index in [9.17, 15) is 28.7 Å². The third-order valence-electron chi connectivity index (χ3n) is 6.83. The number of carbonyl (C=O) groups is 4. The molecule has 11 heteroatoms. The number of halogens is 1. The summed E-state index contributed by atoms with van der Waals surface area (Å²) in [7, 11) is 1.61. The highest BCUT2D eigenvalue weighted by molar-refractivity contribution is 5.92. The number of nitrogens with one attached hydrogen (secondary N) is 1.